The third kappa shape index (κ3) is 4.66. The van der Waals surface area contributed by atoms with Crippen molar-refractivity contribution in [1.82, 2.24) is 5.32 Å². The van der Waals surface area contributed by atoms with Crippen LogP contribution in [0.5, 0.6) is 5.75 Å². The van der Waals surface area contributed by atoms with E-state index in [-0.39, 0.29) is 6.61 Å². The van der Waals surface area contributed by atoms with Gasteiger partial charge >= 0.3 is 5.97 Å². The van der Waals surface area contributed by atoms with Crippen LogP contribution in [0.25, 0.3) is 0 Å². The largest absolute Gasteiger partial charge is 0.484 e. The van der Waals surface area contributed by atoms with Crippen molar-refractivity contribution in [2.24, 2.45) is 5.73 Å². The highest BCUT2D eigenvalue weighted by Crippen LogP contribution is 2.12. The highest BCUT2D eigenvalue weighted by atomic mass is 16.5. The highest BCUT2D eigenvalue weighted by molar-refractivity contribution is 5.96. The molecule has 1 aromatic rings. The Labute approximate surface area is 109 Å². The van der Waals surface area contributed by atoms with Gasteiger partial charge in [0.15, 0.2) is 6.61 Å². The van der Waals surface area contributed by atoms with Gasteiger partial charge in [0.05, 0.1) is 0 Å². The van der Waals surface area contributed by atoms with Gasteiger partial charge in [-0.1, -0.05) is 0 Å². The molecule has 0 saturated carbocycles. The molecule has 0 saturated heterocycles. The molecule has 0 aliphatic carbocycles. The molecule has 7 heteroatoms. The summed E-state index contributed by atoms with van der Waals surface area (Å²) in [6.07, 6.45) is 0. The molecule has 0 spiro atoms. The fourth-order valence-corrected chi connectivity index (χ4v) is 1.20. The van der Waals surface area contributed by atoms with Crippen molar-refractivity contribution in [3.63, 3.8) is 0 Å². The summed E-state index contributed by atoms with van der Waals surface area (Å²) < 4.78 is 5.02. The quantitative estimate of drug-likeness (QED) is 0.656. The summed E-state index contributed by atoms with van der Waals surface area (Å²) >= 11 is 0. The molecular formula is C12H14N2O5. The van der Waals surface area contributed by atoms with Gasteiger partial charge in [0.25, 0.3) is 11.8 Å². The maximum atomic E-state index is 11.6. The number of ether oxygens (including phenoxy) is 1. The number of aliphatic carboxylic acids is 1. The predicted molar refractivity (Wildman–Crippen MR) is 65.7 cm³/mol. The van der Waals surface area contributed by atoms with Crippen LogP contribution in [0.3, 0.4) is 0 Å². The Morgan fingerprint density at radius 1 is 1.32 bits per heavy atom. The standard InChI is InChI=1S/C12H14N2O5/c1-7(12(17)18)14-11(16)8-2-4-9(5-3-8)19-6-10(13)15/h2-5,7H,6H2,1H3,(H2,13,15)(H,14,16)(H,17,18)/t7-/m0/s1. The lowest BCUT2D eigenvalue weighted by Gasteiger charge is -2.09. The number of hydrogen-bond donors (Lipinski definition) is 3. The van der Waals surface area contributed by atoms with Crippen molar-refractivity contribution < 1.29 is 24.2 Å². The molecular weight excluding hydrogens is 252 g/mol. The second-order valence-corrected chi connectivity index (χ2v) is 3.81. The minimum atomic E-state index is -1.12. The van der Waals surface area contributed by atoms with Crippen LogP contribution >= 0.6 is 0 Å². The zero-order chi connectivity index (χ0) is 14.4. The van der Waals surface area contributed by atoms with Crippen molar-refractivity contribution in [3.8, 4) is 5.75 Å². The number of hydrogen-bond acceptors (Lipinski definition) is 4. The zero-order valence-electron chi connectivity index (χ0n) is 10.3. The molecule has 0 unspecified atom stereocenters. The summed E-state index contributed by atoms with van der Waals surface area (Å²) in [5.74, 6) is -1.83. The first-order chi connectivity index (χ1) is 8.90. The average molecular weight is 266 g/mol. The van der Waals surface area contributed by atoms with Gasteiger partial charge in [0.2, 0.25) is 0 Å². The van der Waals surface area contributed by atoms with Gasteiger partial charge in [-0.05, 0) is 31.2 Å². The summed E-state index contributed by atoms with van der Waals surface area (Å²) in [6, 6.07) is 4.92. The topological polar surface area (TPSA) is 119 Å². The molecule has 0 radical (unpaired) electrons. The number of rotatable bonds is 6. The van der Waals surface area contributed by atoms with Crippen molar-refractivity contribution in [1.29, 1.82) is 0 Å². The normalized spacial score (nSPS) is 11.4. The predicted octanol–water partition coefficient (Wildman–Crippen LogP) is -0.246. The molecule has 2 amide bonds. The monoisotopic (exact) mass is 266 g/mol. The van der Waals surface area contributed by atoms with Crippen LogP contribution in [-0.4, -0.2) is 35.5 Å². The molecule has 0 bridgehead atoms. The van der Waals surface area contributed by atoms with Gasteiger partial charge in [0.1, 0.15) is 11.8 Å². The molecule has 0 fully saturated rings. The van der Waals surface area contributed by atoms with Gasteiger partial charge in [-0.2, -0.15) is 0 Å². The summed E-state index contributed by atoms with van der Waals surface area (Å²) in [5, 5.41) is 11.0. The molecule has 7 nitrogen and oxygen atoms in total. The Hall–Kier alpha value is -2.57. The summed E-state index contributed by atoms with van der Waals surface area (Å²) in [7, 11) is 0. The van der Waals surface area contributed by atoms with Gasteiger partial charge in [0, 0.05) is 5.56 Å². The first-order valence-corrected chi connectivity index (χ1v) is 5.45. The Bertz CT molecular complexity index is 483. The molecule has 1 atom stereocenters. The van der Waals surface area contributed by atoms with E-state index in [1.807, 2.05) is 0 Å². The van der Waals surface area contributed by atoms with Gasteiger partial charge < -0.3 is 20.9 Å². The van der Waals surface area contributed by atoms with Crippen molar-refractivity contribution in [3.05, 3.63) is 29.8 Å². The summed E-state index contributed by atoms with van der Waals surface area (Å²) in [5.41, 5.74) is 5.21. The Kier molecular flexibility index (Phi) is 4.87. The Balaban J connectivity index is 2.62. The highest BCUT2D eigenvalue weighted by Gasteiger charge is 2.15. The number of benzene rings is 1. The van der Waals surface area contributed by atoms with E-state index in [1.54, 1.807) is 0 Å². The molecule has 1 rings (SSSR count). The number of nitrogens with two attached hydrogens (primary N) is 1. The van der Waals surface area contributed by atoms with E-state index in [1.165, 1.54) is 31.2 Å². The first kappa shape index (κ1) is 14.5. The lowest BCUT2D eigenvalue weighted by Crippen LogP contribution is -2.38. The number of nitrogens with one attached hydrogen (secondary N) is 1. The molecule has 0 aliphatic rings. The van der Waals surface area contributed by atoms with Gasteiger partial charge in [-0.15, -0.1) is 0 Å². The Morgan fingerprint density at radius 2 is 1.89 bits per heavy atom. The number of primary amides is 1. The van der Waals surface area contributed by atoms with Crippen LogP contribution in [-0.2, 0) is 9.59 Å². The minimum Gasteiger partial charge on any atom is -0.484 e. The number of carboxylic acid groups (broad SMARTS) is 1. The van der Waals surface area contributed by atoms with Gasteiger partial charge in [-0.25, -0.2) is 0 Å². The van der Waals surface area contributed by atoms with E-state index in [2.05, 4.69) is 5.32 Å². The number of amides is 2. The minimum absolute atomic E-state index is 0.248. The third-order valence-electron chi connectivity index (χ3n) is 2.22. The summed E-state index contributed by atoms with van der Waals surface area (Å²) in [4.78, 5) is 32.7. The van der Waals surface area contributed by atoms with Crippen LogP contribution in [0.4, 0.5) is 0 Å². The first-order valence-electron chi connectivity index (χ1n) is 5.45. The van der Waals surface area contributed by atoms with E-state index in [9.17, 15) is 14.4 Å². The van der Waals surface area contributed by atoms with Crippen LogP contribution in [0.2, 0.25) is 0 Å². The van der Waals surface area contributed by atoms with Crippen molar-refractivity contribution in [2.45, 2.75) is 13.0 Å². The van der Waals surface area contributed by atoms with E-state index >= 15 is 0 Å². The second kappa shape index (κ2) is 6.39. The smallest absolute Gasteiger partial charge is 0.325 e. The van der Waals surface area contributed by atoms with E-state index < -0.39 is 23.8 Å². The van der Waals surface area contributed by atoms with Gasteiger partial charge in [-0.3, -0.25) is 14.4 Å². The van der Waals surface area contributed by atoms with Crippen LogP contribution < -0.4 is 15.8 Å². The fraction of sp³-hybridized carbons (Fsp3) is 0.250. The number of carboxylic acids is 1. The van der Waals surface area contributed by atoms with E-state index in [0.29, 0.717) is 11.3 Å². The van der Waals surface area contributed by atoms with Crippen LogP contribution in [0.15, 0.2) is 24.3 Å². The summed E-state index contributed by atoms with van der Waals surface area (Å²) in [6.45, 7) is 1.12. The SMILES string of the molecule is C[C@H](NC(=O)c1ccc(OCC(N)=O)cc1)C(=O)O. The third-order valence-corrected chi connectivity index (χ3v) is 2.22. The fourth-order valence-electron chi connectivity index (χ4n) is 1.20. The molecule has 19 heavy (non-hydrogen) atoms. The second-order valence-electron chi connectivity index (χ2n) is 3.81. The molecule has 0 heterocycles. The lowest BCUT2D eigenvalue weighted by molar-refractivity contribution is -0.138. The van der Waals surface area contributed by atoms with Crippen LogP contribution in [0.1, 0.15) is 17.3 Å². The lowest BCUT2D eigenvalue weighted by atomic mass is 10.2. The molecule has 1 aromatic carbocycles. The van der Waals surface area contributed by atoms with Crippen LogP contribution in [0, 0.1) is 0 Å². The molecule has 4 N–H and O–H groups in total. The van der Waals surface area contributed by atoms with E-state index in [4.69, 9.17) is 15.6 Å². The zero-order valence-corrected chi connectivity index (χ0v) is 10.3. The van der Waals surface area contributed by atoms with Crippen molar-refractivity contribution >= 4 is 17.8 Å². The Morgan fingerprint density at radius 3 is 2.37 bits per heavy atom. The molecule has 0 aliphatic heterocycles. The molecule has 0 aromatic heterocycles. The van der Waals surface area contributed by atoms with Crippen molar-refractivity contribution in [2.75, 3.05) is 6.61 Å². The number of carbonyl (C=O) groups excluding carboxylic acids is 2. The maximum absolute atomic E-state index is 11.6. The number of carbonyl (C=O) groups is 3. The maximum Gasteiger partial charge on any atom is 0.325 e. The van der Waals surface area contributed by atoms with E-state index in [0.717, 1.165) is 0 Å². The molecule has 102 valence electrons. The average Bonchev–Trinajstić information content (AvgIpc) is 2.36.